The molecule has 2 aromatic rings. The summed E-state index contributed by atoms with van der Waals surface area (Å²) >= 11 is 0. The Kier molecular flexibility index (Phi) is 7.07. The van der Waals surface area contributed by atoms with Crippen molar-refractivity contribution in [3.05, 3.63) is 47.7 Å². The zero-order chi connectivity index (χ0) is 20.8. The van der Waals surface area contributed by atoms with Gasteiger partial charge in [0, 0.05) is 25.8 Å². The van der Waals surface area contributed by atoms with Gasteiger partial charge < -0.3 is 15.0 Å². The van der Waals surface area contributed by atoms with Crippen LogP contribution in [0.3, 0.4) is 0 Å². The summed E-state index contributed by atoms with van der Waals surface area (Å²) in [5.74, 6) is 1.43. The maximum Gasteiger partial charge on any atom is 0.318 e. The summed E-state index contributed by atoms with van der Waals surface area (Å²) in [6.07, 6.45) is 3.99. The lowest BCUT2D eigenvalue weighted by molar-refractivity contribution is -0.122. The quantitative estimate of drug-likeness (QED) is 0.769. The van der Waals surface area contributed by atoms with Crippen LogP contribution in [0.2, 0.25) is 0 Å². The third-order valence-corrected chi connectivity index (χ3v) is 5.43. The van der Waals surface area contributed by atoms with Gasteiger partial charge in [0.05, 0.1) is 12.0 Å². The van der Waals surface area contributed by atoms with Crippen LogP contribution in [0.5, 0.6) is 6.01 Å². The molecule has 0 bridgehead atoms. The molecule has 0 saturated carbocycles. The van der Waals surface area contributed by atoms with Crippen molar-refractivity contribution >= 4 is 11.7 Å². The van der Waals surface area contributed by atoms with Gasteiger partial charge in [0.1, 0.15) is 5.82 Å². The predicted octanol–water partition coefficient (Wildman–Crippen LogP) is 3.89. The molecule has 156 valence electrons. The Morgan fingerprint density at radius 2 is 1.86 bits per heavy atom. The highest BCUT2D eigenvalue weighted by Gasteiger charge is 2.22. The van der Waals surface area contributed by atoms with Crippen molar-refractivity contribution in [3.63, 3.8) is 0 Å². The van der Waals surface area contributed by atoms with E-state index in [2.05, 4.69) is 44.5 Å². The molecular weight excluding hydrogens is 364 g/mol. The van der Waals surface area contributed by atoms with E-state index in [-0.39, 0.29) is 17.9 Å². The molecule has 29 heavy (non-hydrogen) atoms. The molecule has 6 nitrogen and oxygen atoms in total. The molecule has 0 spiro atoms. The van der Waals surface area contributed by atoms with Crippen molar-refractivity contribution in [2.45, 2.75) is 58.5 Å². The molecule has 1 amide bonds. The van der Waals surface area contributed by atoms with E-state index in [0.29, 0.717) is 18.5 Å². The average Bonchev–Trinajstić information content (AvgIpc) is 2.73. The summed E-state index contributed by atoms with van der Waals surface area (Å²) in [4.78, 5) is 23.1. The van der Waals surface area contributed by atoms with Crippen LogP contribution >= 0.6 is 0 Å². The fourth-order valence-electron chi connectivity index (χ4n) is 3.75. The van der Waals surface area contributed by atoms with E-state index in [4.69, 9.17) is 4.74 Å². The second kappa shape index (κ2) is 9.72. The monoisotopic (exact) mass is 396 g/mol. The molecule has 3 rings (SSSR count). The summed E-state index contributed by atoms with van der Waals surface area (Å²) in [6, 6.07) is 11.0. The Morgan fingerprint density at radius 1 is 1.17 bits per heavy atom. The van der Waals surface area contributed by atoms with Crippen LogP contribution in [-0.4, -0.2) is 41.6 Å². The first-order chi connectivity index (χ1) is 14.0. The van der Waals surface area contributed by atoms with Gasteiger partial charge in [-0.2, -0.15) is 4.98 Å². The number of amides is 1. The first-order valence-electron chi connectivity index (χ1n) is 10.6. The van der Waals surface area contributed by atoms with Crippen molar-refractivity contribution in [1.29, 1.82) is 0 Å². The first-order valence-corrected chi connectivity index (χ1v) is 10.6. The number of anilines is 1. The Balaban J connectivity index is 1.59. The van der Waals surface area contributed by atoms with E-state index < -0.39 is 0 Å². The van der Waals surface area contributed by atoms with Gasteiger partial charge in [-0.25, -0.2) is 4.98 Å². The van der Waals surface area contributed by atoms with Crippen molar-refractivity contribution in [2.24, 2.45) is 0 Å². The maximum absolute atomic E-state index is 12.0. The van der Waals surface area contributed by atoms with Gasteiger partial charge in [-0.05, 0) is 63.6 Å². The first kappa shape index (κ1) is 21.1. The lowest BCUT2D eigenvalue weighted by Crippen LogP contribution is -2.33. The lowest BCUT2D eigenvalue weighted by atomic mass is 9.88. The number of hydrogen-bond acceptors (Lipinski definition) is 5. The molecule has 1 aliphatic rings. The Bertz CT molecular complexity index is 799. The predicted molar refractivity (Wildman–Crippen MR) is 116 cm³/mol. The minimum absolute atomic E-state index is 0.0646. The molecule has 0 radical (unpaired) electrons. The number of hydrogen-bond donors (Lipinski definition) is 1. The summed E-state index contributed by atoms with van der Waals surface area (Å²) in [6.45, 7) is 10.4. The van der Waals surface area contributed by atoms with Crippen LogP contribution < -0.4 is 15.0 Å². The normalized spacial score (nSPS) is 16.0. The van der Waals surface area contributed by atoms with Gasteiger partial charge in [-0.3, -0.25) is 4.79 Å². The molecule has 0 aliphatic carbocycles. The van der Waals surface area contributed by atoms with Crippen molar-refractivity contribution in [3.8, 4) is 6.01 Å². The number of likely N-dealkylation sites (N-methyl/N-ethyl adjacent to an activating group) is 1. The topological polar surface area (TPSA) is 67.4 Å². The number of nitrogens with one attached hydrogen (secondary N) is 1. The third-order valence-electron chi connectivity index (χ3n) is 5.43. The van der Waals surface area contributed by atoms with Crippen molar-refractivity contribution in [2.75, 3.05) is 24.5 Å². The van der Waals surface area contributed by atoms with Gasteiger partial charge in [0.25, 0.3) is 0 Å². The minimum Gasteiger partial charge on any atom is -0.461 e. The molecule has 1 N–H and O–H groups in total. The Labute approximate surface area is 173 Å². The molecule has 1 aromatic heterocycles. The van der Waals surface area contributed by atoms with Gasteiger partial charge in [0.15, 0.2) is 0 Å². The van der Waals surface area contributed by atoms with Gasteiger partial charge in [-0.15, -0.1) is 0 Å². The van der Waals surface area contributed by atoms with E-state index in [1.807, 2.05) is 33.8 Å². The van der Waals surface area contributed by atoms with Crippen LogP contribution in [0.25, 0.3) is 0 Å². The van der Waals surface area contributed by atoms with E-state index in [9.17, 15) is 4.79 Å². The van der Waals surface area contributed by atoms with Crippen LogP contribution in [0.4, 0.5) is 5.82 Å². The van der Waals surface area contributed by atoms with Gasteiger partial charge >= 0.3 is 6.01 Å². The number of piperidine rings is 1. The highest BCUT2D eigenvalue weighted by Crippen LogP contribution is 2.31. The van der Waals surface area contributed by atoms with Crippen LogP contribution in [0.15, 0.2) is 36.5 Å². The van der Waals surface area contributed by atoms with E-state index in [0.717, 1.165) is 37.3 Å². The summed E-state index contributed by atoms with van der Waals surface area (Å²) < 4.78 is 5.62. The Morgan fingerprint density at radius 3 is 2.48 bits per heavy atom. The fraction of sp³-hybridized carbons (Fsp3) is 0.522. The smallest absolute Gasteiger partial charge is 0.318 e. The number of rotatable bonds is 7. The Hall–Kier alpha value is -2.63. The number of carbonyl (C=O) groups excluding carboxylic acids is 1. The largest absolute Gasteiger partial charge is 0.461 e. The van der Waals surface area contributed by atoms with E-state index >= 15 is 0 Å². The summed E-state index contributed by atoms with van der Waals surface area (Å²) in [5.41, 5.74) is 2.42. The SMILES string of the molecule is CCNC(=O)C(C)c1ccc(C2CCN(c3ccnc(OC(C)C)n3)CC2)cc1. The van der Waals surface area contributed by atoms with Crippen molar-refractivity contribution < 1.29 is 9.53 Å². The van der Waals surface area contributed by atoms with Crippen LogP contribution in [0, 0.1) is 0 Å². The average molecular weight is 397 g/mol. The second-order valence-electron chi connectivity index (χ2n) is 7.91. The standard InChI is InChI=1S/C23H32N4O2/c1-5-24-22(28)17(4)18-6-8-19(9-7-18)20-11-14-27(15-12-20)21-10-13-25-23(26-21)29-16(2)3/h6-10,13,16-17,20H,5,11-12,14-15H2,1-4H3,(H,24,28). The van der Waals surface area contributed by atoms with Crippen molar-refractivity contribution in [1.82, 2.24) is 15.3 Å². The summed E-state index contributed by atoms with van der Waals surface area (Å²) in [5, 5.41) is 2.89. The second-order valence-corrected chi connectivity index (χ2v) is 7.91. The van der Waals surface area contributed by atoms with Gasteiger partial charge in [-0.1, -0.05) is 24.3 Å². The number of ether oxygens (including phenoxy) is 1. The zero-order valence-corrected chi connectivity index (χ0v) is 17.9. The van der Waals surface area contributed by atoms with E-state index in [1.54, 1.807) is 6.20 Å². The van der Waals surface area contributed by atoms with Crippen LogP contribution in [-0.2, 0) is 4.79 Å². The molecule has 1 atom stereocenters. The fourth-order valence-corrected chi connectivity index (χ4v) is 3.75. The lowest BCUT2D eigenvalue weighted by Gasteiger charge is -2.33. The summed E-state index contributed by atoms with van der Waals surface area (Å²) in [7, 11) is 0. The van der Waals surface area contributed by atoms with Gasteiger partial charge in [0.2, 0.25) is 5.91 Å². The third kappa shape index (κ3) is 5.46. The number of benzene rings is 1. The number of carbonyl (C=O) groups is 1. The zero-order valence-electron chi connectivity index (χ0n) is 17.9. The minimum atomic E-state index is -0.120. The highest BCUT2D eigenvalue weighted by molar-refractivity contribution is 5.83. The number of aromatic nitrogens is 2. The van der Waals surface area contributed by atoms with E-state index in [1.165, 1.54) is 5.56 Å². The van der Waals surface area contributed by atoms with Crippen LogP contribution in [0.1, 0.15) is 63.5 Å². The maximum atomic E-state index is 12.0. The molecule has 2 heterocycles. The molecule has 1 saturated heterocycles. The molecule has 6 heteroatoms. The molecule has 1 fully saturated rings. The number of nitrogens with zero attached hydrogens (tertiary/aromatic N) is 3. The molecule has 1 aromatic carbocycles. The molecular formula is C23H32N4O2. The highest BCUT2D eigenvalue weighted by atomic mass is 16.5. The molecule has 1 aliphatic heterocycles. The molecule has 1 unspecified atom stereocenters.